The van der Waals surface area contributed by atoms with Crippen LogP contribution in [0.1, 0.15) is 18.9 Å². The monoisotopic (exact) mass is 599 g/mol. The van der Waals surface area contributed by atoms with Crippen LogP contribution in [0.2, 0.25) is 0 Å². The SMILES string of the molecule is COc1ccnc(Nc2ccc3c(c2)[C@@]2(C)N=C(N)SC[C@H]2CCO3)n1.O=C(O)C(F)(F)F.O=C(O)C(F)(F)F. The largest absolute Gasteiger partial charge is 0.493 e. The summed E-state index contributed by atoms with van der Waals surface area (Å²) in [5, 5.41) is 18.1. The highest BCUT2D eigenvalue weighted by molar-refractivity contribution is 8.13. The number of halogens is 6. The number of aliphatic carboxylic acids is 2. The van der Waals surface area contributed by atoms with Gasteiger partial charge < -0.3 is 30.7 Å². The predicted molar refractivity (Wildman–Crippen MR) is 131 cm³/mol. The van der Waals surface area contributed by atoms with E-state index in [1.807, 2.05) is 12.1 Å². The van der Waals surface area contributed by atoms with Gasteiger partial charge in [0.1, 0.15) is 5.75 Å². The molecule has 0 fully saturated rings. The molecule has 2 aliphatic heterocycles. The highest BCUT2D eigenvalue weighted by Crippen LogP contribution is 2.47. The standard InChI is InChI=1S/C18H21N5O2S.2C2HF3O2/c1-18-11(10-26-16(19)23-18)6-8-25-14-4-3-12(9-13(14)18)21-17-20-7-5-15(22-17)24-2;2*3-2(4,5)1(6)7/h3-5,7,9,11H,6,8,10H2,1-2H3,(H2,19,23)(H,20,21,22);2*(H,6,7)/t11-,18+;;/m1../s1. The zero-order valence-corrected chi connectivity index (χ0v) is 21.5. The zero-order chi connectivity index (χ0) is 30.3. The van der Waals surface area contributed by atoms with Crippen molar-refractivity contribution in [2.75, 3.05) is 24.8 Å². The number of carboxylic acid groups (broad SMARTS) is 2. The second-order valence-corrected chi connectivity index (χ2v) is 9.15. The van der Waals surface area contributed by atoms with Crippen molar-refractivity contribution >= 4 is 40.5 Å². The summed E-state index contributed by atoms with van der Waals surface area (Å²) in [6.07, 6.45) is -7.56. The second-order valence-electron chi connectivity index (χ2n) is 8.11. The first-order chi connectivity index (χ1) is 18.5. The third-order valence-electron chi connectivity index (χ3n) is 5.40. The number of aliphatic imine (C=N–C) groups is 1. The highest BCUT2D eigenvalue weighted by Gasteiger charge is 2.43. The van der Waals surface area contributed by atoms with Crippen LogP contribution < -0.4 is 20.5 Å². The average molecular weight is 600 g/mol. The molecule has 0 aliphatic carbocycles. The van der Waals surface area contributed by atoms with Gasteiger partial charge >= 0.3 is 24.3 Å². The van der Waals surface area contributed by atoms with Crippen molar-refractivity contribution in [1.82, 2.24) is 9.97 Å². The fraction of sp³-hybridized carbons (Fsp3) is 0.409. The lowest BCUT2D eigenvalue weighted by Crippen LogP contribution is -2.37. The molecule has 18 heteroatoms. The summed E-state index contributed by atoms with van der Waals surface area (Å²) in [4.78, 5) is 31.1. The smallest absolute Gasteiger partial charge is 0.490 e. The van der Waals surface area contributed by atoms with Crippen LogP contribution in [0.3, 0.4) is 0 Å². The first kappa shape index (κ1) is 32.3. The van der Waals surface area contributed by atoms with E-state index >= 15 is 0 Å². The summed E-state index contributed by atoms with van der Waals surface area (Å²) >= 11 is 1.62. The van der Waals surface area contributed by atoms with Crippen LogP contribution in [0.4, 0.5) is 38.0 Å². The first-order valence-electron chi connectivity index (χ1n) is 11.0. The minimum atomic E-state index is -5.08. The molecular formula is C22H23F6N5O6S. The van der Waals surface area contributed by atoms with E-state index in [1.54, 1.807) is 31.1 Å². The number of carboxylic acids is 2. The van der Waals surface area contributed by atoms with Crippen LogP contribution in [0.25, 0.3) is 0 Å². The lowest BCUT2D eigenvalue weighted by atomic mass is 9.79. The first-order valence-corrected chi connectivity index (χ1v) is 12.0. The van der Waals surface area contributed by atoms with Crippen LogP contribution in [0, 0.1) is 5.92 Å². The summed E-state index contributed by atoms with van der Waals surface area (Å²) in [6.45, 7) is 2.83. The number of carbonyl (C=O) groups is 2. The molecular weight excluding hydrogens is 576 g/mol. The van der Waals surface area contributed by atoms with Crippen molar-refractivity contribution in [2.24, 2.45) is 16.6 Å². The van der Waals surface area contributed by atoms with Crippen molar-refractivity contribution in [3.63, 3.8) is 0 Å². The van der Waals surface area contributed by atoms with Crippen molar-refractivity contribution in [3.05, 3.63) is 36.0 Å². The van der Waals surface area contributed by atoms with Crippen LogP contribution in [-0.2, 0) is 15.1 Å². The molecule has 0 bridgehead atoms. The Morgan fingerprint density at radius 2 is 1.75 bits per heavy atom. The number of nitrogens with one attached hydrogen (secondary N) is 1. The summed E-state index contributed by atoms with van der Waals surface area (Å²) in [5.41, 5.74) is 7.56. The number of nitrogens with two attached hydrogens (primary N) is 1. The Morgan fingerprint density at radius 3 is 2.30 bits per heavy atom. The Kier molecular flexibility index (Phi) is 10.4. The third-order valence-corrected chi connectivity index (χ3v) is 6.35. The lowest BCUT2D eigenvalue weighted by Gasteiger charge is -2.36. The molecule has 2 aliphatic rings. The van der Waals surface area contributed by atoms with Gasteiger partial charge in [-0.2, -0.15) is 31.3 Å². The Bertz CT molecular complexity index is 1220. The van der Waals surface area contributed by atoms with E-state index in [4.69, 9.17) is 40.0 Å². The Hall–Kier alpha value is -3.96. The topological polar surface area (TPSA) is 169 Å². The number of alkyl halides is 6. The maximum atomic E-state index is 10.6. The highest BCUT2D eigenvalue weighted by atomic mass is 32.2. The number of anilines is 2. The molecule has 2 aromatic rings. The molecule has 3 heterocycles. The molecule has 0 unspecified atom stereocenters. The van der Waals surface area contributed by atoms with Gasteiger partial charge in [-0.15, -0.1) is 0 Å². The van der Waals surface area contributed by atoms with E-state index in [-0.39, 0.29) is 0 Å². The molecule has 1 aromatic carbocycles. The fourth-order valence-electron chi connectivity index (χ4n) is 3.43. The molecule has 2 atom stereocenters. The van der Waals surface area contributed by atoms with Gasteiger partial charge in [-0.3, -0.25) is 4.99 Å². The molecule has 0 radical (unpaired) electrons. The summed E-state index contributed by atoms with van der Waals surface area (Å²) in [6, 6.07) is 7.69. The van der Waals surface area contributed by atoms with Gasteiger partial charge in [0.15, 0.2) is 5.17 Å². The van der Waals surface area contributed by atoms with E-state index in [0.29, 0.717) is 29.5 Å². The number of methoxy groups -OCH3 is 1. The van der Waals surface area contributed by atoms with Crippen molar-refractivity contribution in [1.29, 1.82) is 0 Å². The predicted octanol–water partition coefficient (Wildman–Crippen LogP) is 4.17. The van der Waals surface area contributed by atoms with Gasteiger partial charge in [0.25, 0.3) is 0 Å². The van der Waals surface area contributed by atoms with E-state index in [2.05, 4.69) is 28.3 Å². The number of benzene rings is 1. The second kappa shape index (κ2) is 12.9. The zero-order valence-electron chi connectivity index (χ0n) is 20.7. The fourth-order valence-corrected chi connectivity index (χ4v) is 4.55. The molecule has 11 nitrogen and oxygen atoms in total. The molecule has 0 spiro atoms. The molecule has 4 rings (SSSR count). The van der Waals surface area contributed by atoms with Crippen LogP contribution in [0.15, 0.2) is 35.5 Å². The van der Waals surface area contributed by atoms with Crippen molar-refractivity contribution in [3.8, 4) is 11.6 Å². The number of amidine groups is 1. The summed E-state index contributed by atoms with van der Waals surface area (Å²) < 4.78 is 74.6. The Morgan fingerprint density at radius 1 is 1.15 bits per heavy atom. The van der Waals surface area contributed by atoms with Crippen LogP contribution >= 0.6 is 11.8 Å². The molecule has 0 amide bonds. The quantitative estimate of drug-likeness (QED) is 0.374. The van der Waals surface area contributed by atoms with Gasteiger partial charge in [0, 0.05) is 35.2 Å². The number of hydrogen-bond acceptors (Lipinski definition) is 10. The Labute approximate surface area is 226 Å². The maximum absolute atomic E-state index is 10.6. The van der Waals surface area contributed by atoms with Crippen molar-refractivity contribution < 1.29 is 55.6 Å². The van der Waals surface area contributed by atoms with Gasteiger partial charge in [-0.1, -0.05) is 11.8 Å². The van der Waals surface area contributed by atoms with Crippen LogP contribution in [0.5, 0.6) is 11.6 Å². The van der Waals surface area contributed by atoms with Gasteiger partial charge in [0.2, 0.25) is 11.8 Å². The van der Waals surface area contributed by atoms with E-state index < -0.39 is 29.8 Å². The molecule has 40 heavy (non-hydrogen) atoms. The van der Waals surface area contributed by atoms with E-state index in [0.717, 1.165) is 29.2 Å². The normalized spacial score (nSPS) is 19.8. The van der Waals surface area contributed by atoms with E-state index in [1.165, 1.54) is 0 Å². The maximum Gasteiger partial charge on any atom is 0.490 e. The number of fused-ring (bicyclic) bond motifs is 3. The number of hydrogen-bond donors (Lipinski definition) is 4. The lowest BCUT2D eigenvalue weighted by molar-refractivity contribution is -0.193. The molecule has 0 saturated carbocycles. The number of ether oxygens (including phenoxy) is 2. The van der Waals surface area contributed by atoms with Gasteiger partial charge in [0.05, 0.1) is 19.3 Å². The number of thioether (sulfide) groups is 1. The van der Waals surface area contributed by atoms with Crippen LogP contribution in [-0.4, -0.2) is 69.1 Å². The molecule has 220 valence electrons. The molecule has 5 N–H and O–H groups in total. The minimum absolute atomic E-state index is 0.379. The van der Waals surface area contributed by atoms with Gasteiger partial charge in [-0.05, 0) is 31.5 Å². The van der Waals surface area contributed by atoms with E-state index in [9.17, 15) is 26.3 Å². The number of aromatic nitrogens is 2. The third kappa shape index (κ3) is 8.78. The number of rotatable bonds is 3. The van der Waals surface area contributed by atoms with Crippen molar-refractivity contribution in [2.45, 2.75) is 31.2 Å². The average Bonchev–Trinajstić information content (AvgIpc) is 2.99. The molecule has 0 saturated heterocycles. The minimum Gasteiger partial charge on any atom is -0.493 e. The summed E-state index contributed by atoms with van der Waals surface area (Å²) in [5.74, 6) is -2.34. The Balaban J connectivity index is 0.000000333. The summed E-state index contributed by atoms with van der Waals surface area (Å²) in [7, 11) is 1.58. The number of nitrogens with zero attached hydrogens (tertiary/aromatic N) is 3. The molecule has 1 aromatic heterocycles. The van der Waals surface area contributed by atoms with Gasteiger partial charge in [-0.25, -0.2) is 14.6 Å².